The van der Waals surface area contributed by atoms with Gasteiger partial charge < -0.3 is 0 Å². The third-order valence-corrected chi connectivity index (χ3v) is 26.5. The van der Waals surface area contributed by atoms with Gasteiger partial charge in [0.2, 0.25) is 0 Å². The van der Waals surface area contributed by atoms with E-state index in [2.05, 4.69) is 80.3 Å². The van der Waals surface area contributed by atoms with Gasteiger partial charge in [0.25, 0.3) is 0 Å². The van der Waals surface area contributed by atoms with Crippen LogP contribution in [-0.2, 0) is 14.7 Å². The Labute approximate surface area is 224 Å². The molecule has 1 unspecified atom stereocenters. The van der Waals surface area contributed by atoms with Crippen molar-refractivity contribution >= 4 is 30.2 Å². The fourth-order valence-electron chi connectivity index (χ4n) is 6.47. The topological polar surface area (TPSA) is 29.5 Å². The summed E-state index contributed by atoms with van der Waals surface area (Å²) in [5, 5.41) is 0. The summed E-state index contributed by atoms with van der Waals surface area (Å²) in [6, 6.07) is 19.7. The minimum absolute atomic E-state index is 0.163. The van der Waals surface area contributed by atoms with Crippen LogP contribution in [0.2, 0.25) is 13.3 Å². The Balaban J connectivity index is 2.37. The number of nitrogens with zero attached hydrogens (tertiary/aromatic N) is 1. The monoisotopic (exact) mass is 599 g/mol. The summed E-state index contributed by atoms with van der Waals surface area (Å²) in [4.78, 5) is 16.6. The van der Waals surface area contributed by atoms with Gasteiger partial charge in [-0.05, 0) is 0 Å². The molecule has 1 aliphatic heterocycles. The quantitative estimate of drug-likeness (QED) is 0.241. The molecule has 0 saturated heterocycles. The van der Waals surface area contributed by atoms with E-state index in [4.69, 9.17) is 4.74 Å². The standard InChI is InChI=1S/C20H22NO2.3C4H9.Sn/c1-20(2,3)23-19(22)21-17-12-8-7-11-16(17)13-14-18(21)15-9-5-4-6-10-15;3*1-3-4-2;/h4-12H,13-14H2,1-3H3;3*1,3-4H2,2H3;. The van der Waals surface area contributed by atoms with Gasteiger partial charge in [-0.15, -0.1) is 0 Å². The summed E-state index contributed by atoms with van der Waals surface area (Å²) >= 11 is -3.15. The van der Waals surface area contributed by atoms with Crippen LogP contribution in [0.5, 0.6) is 0 Å². The first-order valence-corrected chi connectivity index (χ1v) is 21.9. The first-order valence-electron chi connectivity index (χ1n) is 14.4. The summed E-state index contributed by atoms with van der Waals surface area (Å²) in [5.41, 5.74) is 3.16. The zero-order valence-corrected chi connectivity index (χ0v) is 26.6. The van der Waals surface area contributed by atoms with Crippen LogP contribution in [-0.4, -0.2) is 30.1 Å². The van der Waals surface area contributed by atoms with Crippen molar-refractivity contribution in [2.45, 2.75) is 115 Å². The van der Waals surface area contributed by atoms with Crippen molar-refractivity contribution in [3.8, 4) is 0 Å². The Bertz CT molecular complexity index is 946. The fourth-order valence-corrected chi connectivity index (χ4v) is 27.0. The Morgan fingerprint density at radius 3 is 1.92 bits per heavy atom. The van der Waals surface area contributed by atoms with Crippen LogP contribution < -0.4 is 4.90 Å². The second kappa shape index (κ2) is 12.8. The Morgan fingerprint density at radius 1 is 0.861 bits per heavy atom. The third-order valence-electron chi connectivity index (χ3n) is 8.10. The molecule has 0 saturated carbocycles. The number of carbonyl (C=O) groups is 1. The van der Waals surface area contributed by atoms with Crippen molar-refractivity contribution in [2.24, 2.45) is 0 Å². The molecule has 1 atom stereocenters. The second-order valence-electron chi connectivity index (χ2n) is 11.8. The molecule has 3 rings (SSSR count). The number of fused-ring (bicyclic) bond motifs is 1. The van der Waals surface area contributed by atoms with E-state index < -0.39 is 24.0 Å². The van der Waals surface area contributed by atoms with E-state index in [0.29, 0.717) is 0 Å². The number of amides is 1. The van der Waals surface area contributed by atoms with Gasteiger partial charge in [-0.1, -0.05) is 0 Å². The molecule has 4 heteroatoms. The molecule has 0 N–H and O–H groups in total. The summed E-state index contributed by atoms with van der Waals surface area (Å²) < 4.78 is 10.0. The van der Waals surface area contributed by atoms with Crippen LogP contribution in [0.4, 0.5) is 10.5 Å². The summed E-state index contributed by atoms with van der Waals surface area (Å²) in [7, 11) is 0. The van der Waals surface area contributed by atoms with Crippen LogP contribution >= 0.6 is 0 Å². The van der Waals surface area contributed by atoms with E-state index in [0.717, 1.165) is 18.5 Å². The fraction of sp³-hybridized carbons (Fsp3) is 0.594. The van der Waals surface area contributed by atoms with Crippen LogP contribution in [0, 0.1) is 0 Å². The molecular formula is C32H49NO2Sn. The van der Waals surface area contributed by atoms with Gasteiger partial charge in [-0.3, -0.25) is 0 Å². The molecule has 0 spiro atoms. The SMILES string of the molecule is CCC[CH2][Sn]([CH2]CCC)([CH2]CCC)[C]1(c2ccccc2)CCc2ccccc2N1C(=O)OC(C)(C)C. The van der Waals surface area contributed by atoms with E-state index in [1.165, 1.54) is 63.0 Å². The van der Waals surface area contributed by atoms with Crippen molar-refractivity contribution in [1.29, 1.82) is 0 Å². The molecule has 0 fully saturated rings. The Hall–Kier alpha value is -1.49. The Kier molecular flexibility index (Phi) is 10.4. The van der Waals surface area contributed by atoms with Crippen molar-refractivity contribution in [3.63, 3.8) is 0 Å². The van der Waals surface area contributed by atoms with E-state index in [1.54, 1.807) is 0 Å². The van der Waals surface area contributed by atoms with Crippen LogP contribution in [0.3, 0.4) is 0 Å². The maximum absolute atomic E-state index is 14.4. The molecular weight excluding hydrogens is 549 g/mol. The average Bonchev–Trinajstić information content (AvgIpc) is 2.87. The van der Waals surface area contributed by atoms with E-state index in [1.807, 2.05) is 20.8 Å². The van der Waals surface area contributed by atoms with Crippen LogP contribution in [0.15, 0.2) is 54.6 Å². The van der Waals surface area contributed by atoms with E-state index in [-0.39, 0.29) is 9.65 Å². The van der Waals surface area contributed by atoms with Gasteiger partial charge in [0.1, 0.15) is 0 Å². The van der Waals surface area contributed by atoms with Crippen molar-refractivity contribution in [2.75, 3.05) is 4.90 Å². The van der Waals surface area contributed by atoms with Gasteiger partial charge in [-0.2, -0.15) is 0 Å². The zero-order valence-electron chi connectivity index (χ0n) is 23.7. The molecule has 198 valence electrons. The minimum atomic E-state index is -3.15. The number of carbonyl (C=O) groups excluding carboxylic acids is 1. The molecule has 0 aromatic heterocycles. The molecule has 2 aromatic carbocycles. The first kappa shape index (κ1) is 29.1. The predicted molar refractivity (Wildman–Crippen MR) is 156 cm³/mol. The number of hydrogen-bond acceptors (Lipinski definition) is 2. The van der Waals surface area contributed by atoms with Crippen molar-refractivity contribution in [1.82, 2.24) is 0 Å². The molecule has 3 nitrogen and oxygen atoms in total. The second-order valence-corrected chi connectivity index (χ2v) is 25.7. The van der Waals surface area contributed by atoms with Gasteiger partial charge in [-0.25, -0.2) is 0 Å². The number of ether oxygens (including phenoxy) is 1. The van der Waals surface area contributed by atoms with Crippen LogP contribution in [0.25, 0.3) is 0 Å². The first-order chi connectivity index (χ1) is 17.2. The summed E-state index contributed by atoms with van der Waals surface area (Å²) in [5.74, 6) is 0. The number of anilines is 1. The normalized spacial score (nSPS) is 18.1. The van der Waals surface area contributed by atoms with Crippen LogP contribution in [0.1, 0.15) is 97.6 Å². The number of aryl methyl sites for hydroxylation is 1. The molecule has 0 radical (unpaired) electrons. The Morgan fingerprint density at radius 2 is 1.39 bits per heavy atom. The van der Waals surface area contributed by atoms with Gasteiger partial charge in [0.15, 0.2) is 0 Å². The number of hydrogen-bond donors (Lipinski definition) is 0. The average molecular weight is 598 g/mol. The number of para-hydroxylation sites is 1. The maximum atomic E-state index is 14.4. The molecule has 1 heterocycles. The number of rotatable bonds is 11. The molecule has 0 aliphatic carbocycles. The summed E-state index contributed by atoms with van der Waals surface area (Å²) in [6.45, 7) is 13.0. The molecule has 36 heavy (non-hydrogen) atoms. The summed E-state index contributed by atoms with van der Waals surface area (Å²) in [6.07, 6.45) is 9.31. The molecule has 1 amide bonds. The molecule has 1 aliphatic rings. The van der Waals surface area contributed by atoms with Crippen molar-refractivity contribution < 1.29 is 9.53 Å². The third kappa shape index (κ3) is 6.14. The van der Waals surface area contributed by atoms with Gasteiger partial charge in [0, 0.05) is 0 Å². The number of benzene rings is 2. The van der Waals surface area contributed by atoms with Gasteiger partial charge >= 0.3 is 226 Å². The van der Waals surface area contributed by atoms with E-state index in [9.17, 15) is 4.79 Å². The van der Waals surface area contributed by atoms with Crippen molar-refractivity contribution in [3.05, 3.63) is 65.7 Å². The van der Waals surface area contributed by atoms with E-state index >= 15 is 0 Å². The zero-order chi connectivity index (χ0) is 26.2. The number of unbranched alkanes of at least 4 members (excludes halogenated alkanes) is 3. The molecule has 2 aromatic rings. The van der Waals surface area contributed by atoms with Gasteiger partial charge in [0.05, 0.1) is 0 Å². The predicted octanol–water partition coefficient (Wildman–Crippen LogP) is 9.66. The molecule has 0 bridgehead atoms.